The first-order valence-electron chi connectivity index (χ1n) is 7.65. The second-order valence-corrected chi connectivity index (χ2v) is 6.14. The van der Waals surface area contributed by atoms with Crippen LogP contribution < -0.4 is 19.5 Å². The number of methoxy groups -OCH3 is 3. The Balaban J connectivity index is 1.85. The fourth-order valence-electron chi connectivity index (χ4n) is 2.33. The van der Waals surface area contributed by atoms with Crippen molar-refractivity contribution < 1.29 is 19.0 Å². The average molecular weight is 371 g/mol. The third-order valence-corrected chi connectivity index (χ3v) is 4.53. The summed E-state index contributed by atoms with van der Waals surface area (Å²) in [7, 11) is 4.51. The number of benzene rings is 1. The van der Waals surface area contributed by atoms with Crippen molar-refractivity contribution >= 4 is 22.4 Å². The van der Waals surface area contributed by atoms with Gasteiger partial charge >= 0.3 is 0 Å². The van der Waals surface area contributed by atoms with Gasteiger partial charge in [0, 0.05) is 24.5 Å². The maximum atomic E-state index is 12.7. The average Bonchev–Trinajstić information content (AvgIpc) is 3.15. The van der Waals surface area contributed by atoms with Crippen LogP contribution in [0.1, 0.15) is 10.4 Å². The Morgan fingerprint density at radius 1 is 1.00 bits per heavy atom. The fourth-order valence-corrected chi connectivity index (χ4v) is 3.12. The van der Waals surface area contributed by atoms with Gasteiger partial charge in [0.2, 0.25) is 0 Å². The molecule has 0 aliphatic carbocycles. The minimum atomic E-state index is -0.357. The van der Waals surface area contributed by atoms with E-state index in [1.807, 2.05) is 18.2 Å². The number of rotatable bonds is 6. The molecule has 3 rings (SSSR count). The van der Waals surface area contributed by atoms with Crippen LogP contribution in [0.4, 0.5) is 5.13 Å². The number of carbonyl (C=O) groups excluding carboxylic acids is 1. The van der Waals surface area contributed by atoms with Gasteiger partial charge in [0.1, 0.15) is 5.75 Å². The van der Waals surface area contributed by atoms with E-state index in [0.29, 0.717) is 27.9 Å². The smallest absolute Gasteiger partial charge is 0.261 e. The molecule has 0 atom stereocenters. The van der Waals surface area contributed by atoms with Crippen LogP contribution in [-0.4, -0.2) is 37.2 Å². The Morgan fingerprint density at radius 2 is 1.73 bits per heavy atom. The van der Waals surface area contributed by atoms with Crippen LogP contribution in [0.5, 0.6) is 17.2 Å². The number of carbonyl (C=O) groups is 1. The van der Waals surface area contributed by atoms with E-state index in [1.165, 1.54) is 32.7 Å². The van der Waals surface area contributed by atoms with Crippen molar-refractivity contribution in [3.63, 3.8) is 0 Å². The van der Waals surface area contributed by atoms with Gasteiger partial charge in [-0.2, -0.15) is 0 Å². The number of anilines is 1. The lowest BCUT2D eigenvalue weighted by Gasteiger charge is -2.13. The Hall–Kier alpha value is -3.13. The third-order valence-electron chi connectivity index (χ3n) is 3.59. The molecule has 0 radical (unpaired) electrons. The number of thiazole rings is 1. The quantitative estimate of drug-likeness (QED) is 0.714. The zero-order valence-corrected chi connectivity index (χ0v) is 15.3. The van der Waals surface area contributed by atoms with Gasteiger partial charge in [0.15, 0.2) is 16.6 Å². The Kier molecular flexibility index (Phi) is 5.33. The van der Waals surface area contributed by atoms with Gasteiger partial charge < -0.3 is 14.2 Å². The van der Waals surface area contributed by atoms with Crippen LogP contribution in [-0.2, 0) is 0 Å². The molecular formula is C18H17N3O4S. The largest absolute Gasteiger partial charge is 0.496 e. The minimum absolute atomic E-state index is 0.319. The molecule has 1 aromatic carbocycles. The molecule has 0 saturated heterocycles. The van der Waals surface area contributed by atoms with Gasteiger partial charge in [-0.15, -0.1) is 0 Å². The maximum Gasteiger partial charge on any atom is 0.261 e. The minimum Gasteiger partial charge on any atom is -0.496 e. The van der Waals surface area contributed by atoms with E-state index in [-0.39, 0.29) is 5.91 Å². The molecule has 1 amide bonds. The van der Waals surface area contributed by atoms with E-state index in [1.54, 1.807) is 24.5 Å². The summed E-state index contributed by atoms with van der Waals surface area (Å²) in [6.45, 7) is 0. The van der Waals surface area contributed by atoms with Gasteiger partial charge in [-0.25, -0.2) is 4.98 Å². The highest BCUT2D eigenvalue weighted by Crippen LogP contribution is 2.35. The molecule has 26 heavy (non-hydrogen) atoms. The number of hydrogen-bond acceptors (Lipinski definition) is 7. The molecule has 0 aliphatic rings. The van der Waals surface area contributed by atoms with Crippen molar-refractivity contribution in [2.75, 3.05) is 26.6 Å². The predicted octanol–water partition coefficient (Wildman–Crippen LogP) is 3.48. The normalized spacial score (nSPS) is 10.3. The number of pyridine rings is 1. The summed E-state index contributed by atoms with van der Waals surface area (Å²) in [4.78, 5) is 22.0. The van der Waals surface area contributed by atoms with Crippen molar-refractivity contribution in [1.82, 2.24) is 9.97 Å². The predicted molar refractivity (Wildman–Crippen MR) is 99.4 cm³/mol. The highest BCUT2D eigenvalue weighted by Gasteiger charge is 2.19. The lowest BCUT2D eigenvalue weighted by molar-refractivity contribution is 0.102. The Bertz CT molecular complexity index is 912. The molecule has 0 fully saturated rings. The third kappa shape index (κ3) is 3.60. The lowest BCUT2D eigenvalue weighted by Crippen LogP contribution is -2.13. The number of nitrogens with one attached hydrogen (secondary N) is 1. The van der Waals surface area contributed by atoms with Gasteiger partial charge in [-0.3, -0.25) is 15.1 Å². The summed E-state index contributed by atoms with van der Waals surface area (Å²) in [6, 6.07) is 8.80. The van der Waals surface area contributed by atoms with Crippen molar-refractivity contribution in [1.29, 1.82) is 0 Å². The summed E-state index contributed by atoms with van der Waals surface area (Å²) < 4.78 is 15.8. The van der Waals surface area contributed by atoms with E-state index in [2.05, 4.69) is 15.3 Å². The number of aromatic nitrogens is 2. The first kappa shape index (κ1) is 17.7. The van der Waals surface area contributed by atoms with E-state index < -0.39 is 0 Å². The van der Waals surface area contributed by atoms with Crippen molar-refractivity contribution in [2.24, 2.45) is 0 Å². The van der Waals surface area contributed by atoms with Crippen LogP contribution in [0.2, 0.25) is 0 Å². The van der Waals surface area contributed by atoms with Gasteiger partial charge in [-0.05, 0) is 12.1 Å². The number of amides is 1. The number of ether oxygens (including phenoxy) is 3. The summed E-state index contributed by atoms with van der Waals surface area (Å²) in [5.74, 6) is 0.936. The Labute approximate surface area is 154 Å². The molecule has 0 unspecified atom stereocenters. The van der Waals surface area contributed by atoms with Crippen LogP contribution in [0.25, 0.3) is 10.6 Å². The molecule has 7 nitrogen and oxygen atoms in total. The molecule has 0 bridgehead atoms. The zero-order chi connectivity index (χ0) is 18.5. The van der Waals surface area contributed by atoms with Crippen molar-refractivity contribution in [3.05, 3.63) is 48.3 Å². The van der Waals surface area contributed by atoms with Gasteiger partial charge in [0.05, 0.1) is 37.5 Å². The van der Waals surface area contributed by atoms with Gasteiger partial charge in [0.25, 0.3) is 5.91 Å². The summed E-state index contributed by atoms with van der Waals surface area (Å²) in [5, 5.41) is 3.24. The van der Waals surface area contributed by atoms with Crippen LogP contribution in [0, 0.1) is 0 Å². The highest BCUT2D eigenvalue weighted by molar-refractivity contribution is 7.19. The molecule has 0 saturated carbocycles. The monoisotopic (exact) mass is 371 g/mol. The molecule has 0 aliphatic heterocycles. The van der Waals surface area contributed by atoms with E-state index >= 15 is 0 Å². The molecule has 2 aromatic heterocycles. The molecule has 3 aromatic rings. The first-order valence-corrected chi connectivity index (χ1v) is 8.46. The number of hydrogen-bond donors (Lipinski definition) is 1. The number of nitrogens with zero attached hydrogens (tertiary/aromatic N) is 2. The molecule has 2 heterocycles. The van der Waals surface area contributed by atoms with E-state index in [9.17, 15) is 4.79 Å². The lowest BCUT2D eigenvalue weighted by atomic mass is 10.1. The van der Waals surface area contributed by atoms with Crippen LogP contribution in [0.15, 0.2) is 42.7 Å². The fraction of sp³-hybridized carbons (Fsp3) is 0.167. The van der Waals surface area contributed by atoms with Crippen LogP contribution in [0.3, 0.4) is 0 Å². The summed E-state index contributed by atoms with van der Waals surface area (Å²) in [6.07, 6.45) is 3.39. The first-order chi connectivity index (χ1) is 12.7. The van der Waals surface area contributed by atoms with Crippen molar-refractivity contribution in [3.8, 4) is 27.8 Å². The SMILES string of the molecule is COc1cc(OC)c(C(=O)Nc2ncc(-c3ccccn3)s2)cc1OC. The maximum absolute atomic E-state index is 12.7. The highest BCUT2D eigenvalue weighted by atomic mass is 32.1. The summed E-state index contributed by atoms with van der Waals surface area (Å²) >= 11 is 1.34. The Morgan fingerprint density at radius 3 is 2.38 bits per heavy atom. The molecule has 8 heteroatoms. The van der Waals surface area contributed by atoms with Gasteiger partial charge in [-0.1, -0.05) is 17.4 Å². The zero-order valence-electron chi connectivity index (χ0n) is 14.5. The molecular weight excluding hydrogens is 354 g/mol. The molecule has 0 spiro atoms. The second kappa shape index (κ2) is 7.83. The second-order valence-electron chi connectivity index (χ2n) is 5.11. The van der Waals surface area contributed by atoms with E-state index in [4.69, 9.17) is 14.2 Å². The summed E-state index contributed by atoms with van der Waals surface area (Å²) in [5.41, 5.74) is 1.12. The van der Waals surface area contributed by atoms with Crippen molar-refractivity contribution in [2.45, 2.75) is 0 Å². The standard InChI is InChI=1S/C18H17N3O4S/c1-23-13-9-15(25-3)14(24-2)8-11(13)17(22)21-18-20-10-16(26-18)12-6-4-5-7-19-12/h4-10H,1-3H3,(H,20,21,22). The molecule has 1 N–H and O–H groups in total. The van der Waals surface area contributed by atoms with Crippen LogP contribution >= 0.6 is 11.3 Å². The van der Waals surface area contributed by atoms with E-state index in [0.717, 1.165) is 10.6 Å². The molecule has 134 valence electrons. The topological polar surface area (TPSA) is 82.6 Å².